The molecule has 0 aliphatic carbocycles. The van der Waals surface area contributed by atoms with Crippen LogP contribution in [0.2, 0.25) is 0 Å². The van der Waals surface area contributed by atoms with Crippen LogP contribution in [-0.2, 0) is 43.6 Å². The zero-order valence-corrected chi connectivity index (χ0v) is 29.0. The first-order chi connectivity index (χ1) is 24.5. The molecular formula is C44H45NO5. The third-order valence-corrected chi connectivity index (χ3v) is 9.63. The van der Waals surface area contributed by atoms with Crippen molar-refractivity contribution in [2.24, 2.45) is 5.16 Å². The number of aryl methyl sites for hydroxylation is 3. The molecule has 5 aromatic rings. The zero-order valence-electron chi connectivity index (χ0n) is 29.0. The number of benzene rings is 5. The molecule has 1 saturated heterocycles. The predicted molar refractivity (Wildman–Crippen MR) is 196 cm³/mol. The molecule has 2 aliphatic heterocycles. The molecule has 50 heavy (non-hydrogen) atoms. The van der Waals surface area contributed by atoms with Gasteiger partial charge in [-0.2, -0.15) is 0 Å². The minimum Gasteiger partial charge on any atom is -0.374 e. The van der Waals surface area contributed by atoms with Crippen LogP contribution in [0.3, 0.4) is 0 Å². The van der Waals surface area contributed by atoms with E-state index < -0.39 is 18.0 Å². The molecular weight excluding hydrogens is 622 g/mol. The highest BCUT2D eigenvalue weighted by molar-refractivity contribution is 6.08. The largest absolute Gasteiger partial charge is 0.374 e. The second-order valence-corrected chi connectivity index (χ2v) is 13.5. The van der Waals surface area contributed by atoms with E-state index in [0.29, 0.717) is 26.2 Å². The van der Waals surface area contributed by atoms with Crippen molar-refractivity contribution in [3.8, 4) is 0 Å². The fourth-order valence-electron chi connectivity index (χ4n) is 7.43. The quantitative estimate of drug-likeness (QED) is 0.133. The average Bonchev–Trinajstić information content (AvgIpc) is 3.48. The summed E-state index contributed by atoms with van der Waals surface area (Å²) in [7, 11) is 0. The maximum Gasteiger partial charge on any atom is 0.252 e. The van der Waals surface area contributed by atoms with E-state index in [-0.39, 0.29) is 18.6 Å². The van der Waals surface area contributed by atoms with Gasteiger partial charge in [0.25, 0.3) is 5.79 Å². The van der Waals surface area contributed by atoms with E-state index in [1.165, 1.54) is 5.56 Å². The summed E-state index contributed by atoms with van der Waals surface area (Å²) in [6, 6.07) is 45.5. The lowest BCUT2D eigenvalue weighted by molar-refractivity contribution is -0.332. The fourth-order valence-corrected chi connectivity index (χ4v) is 7.43. The van der Waals surface area contributed by atoms with E-state index in [2.05, 4.69) is 93.6 Å². The monoisotopic (exact) mass is 667 g/mol. The van der Waals surface area contributed by atoms with Gasteiger partial charge in [-0.05, 0) is 54.2 Å². The number of rotatable bonds is 12. The first-order valence-corrected chi connectivity index (χ1v) is 17.5. The molecule has 6 heteroatoms. The number of oxime groups is 1. The topological polar surface area (TPSA) is 58.5 Å². The van der Waals surface area contributed by atoms with Gasteiger partial charge in [0, 0.05) is 12.0 Å². The minimum absolute atomic E-state index is 0.282. The van der Waals surface area contributed by atoms with E-state index in [0.717, 1.165) is 44.7 Å². The van der Waals surface area contributed by atoms with E-state index >= 15 is 0 Å². The maximum atomic E-state index is 7.21. The van der Waals surface area contributed by atoms with Gasteiger partial charge in [-0.25, -0.2) is 0 Å². The molecule has 6 nitrogen and oxygen atoms in total. The van der Waals surface area contributed by atoms with Crippen molar-refractivity contribution in [2.75, 3.05) is 6.61 Å². The Labute approximate surface area is 295 Å². The van der Waals surface area contributed by atoms with Gasteiger partial charge in [0.15, 0.2) is 0 Å². The van der Waals surface area contributed by atoms with Crippen molar-refractivity contribution in [2.45, 2.75) is 77.0 Å². The molecule has 1 spiro atoms. The molecule has 0 aromatic heterocycles. The summed E-state index contributed by atoms with van der Waals surface area (Å²) in [5.74, 6) is -1.48. The lowest BCUT2D eigenvalue weighted by Crippen LogP contribution is -2.60. The van der Waals surface area contributed by atoms with Crippen molar-refractivity contribution in [3.05, 3.63) is 178 Å². The van der Waals surface area contributed by atoms with Crippen LogP contribution in [0.4, 0.5) is 0 Å². The Morgan fingerprint density at radius 2 is 1.18 bits per heavy atom. The van der Waals surface area contributed by atoms with Gasteiger partial charge in [0.05, 0.1) is 38.4 Å². The highest BCUT2D eigenvalue weighted by Gasteiger charge is 2.59. The molecule has 256 valence electrons. The van der Waals surface area contributed by atoms with E-state index in [9.17, 15) is 0 Å². The lowest BCUT2D eigenvalue weighted by atomic mass is 9.77. The smallest absolute Gasteiger partial charge is 0.252 e. The molecule has 0 radical (unpaired) electrons. The van der Waals surface area contributed by atoms with Crippen molar-refractivity contribution < 1.29 is 23.8 Å². The zero-order chi connectivity index (χ0) is 34.3. The summed E-state index contributed by atoms with van der Waals surface area (Å²) in [5, 5.41) is 4.88. The van der Waals surface area contributed by atoms with Crippen molar-refractivity contribution >= 4 is 5.71 Å². The van der Waals surface area contributed by atoms with E-state index in [4.69, 9.17) is 28.9 Å². The number of hydrogen-bond donors (Lipinski definition) is 0. The first kappa shape index (κ1) is 33.9. The molecule has 7 rings (SSSR count). The second-order valence-electron chi connectivity index (χ2n) is 13.5. The Balaban J connectivity index is 1.27. The number of hydrogen-bond acceptors (Lipinski definition) is 6. The Kier molecular flexibility index (Phi) is 10.5. The molecule has 0 unspecified atom stereocenters. The Bertz CT molecular complexity index is 1840. The summed E-state index contributed by atoms with van der Waals surface area (Å²) >= 11 is 0. The van der Waals surface area contributed by atoms with Crippen LogP contribution < -0.4 is 0 Å². The van der Waals surface area contributed by atoms with Crippen LogP contribution >= 0.6 is 0 Å². The van der Waals surface area contributed by atoms with Gasteiger partial charge >= 0.3 is 0 Å². The highest BCUT2D eigenvalue weighted by Crippen LogP contribution is 2.49. The van der Waals surface area contributed by atoms with Gasteiger partial charge < -0.3 is 23.8 Å². The predicted octanol–water partition coefficient (Wildman–Crippen LogP) is 9.00. The minimum atomic E-state index is -1.16. The fraction of sp³-hybridized carbons (Fsp3) is 0.295. The van der Waals surface area contributed by atoms with Crippen LogP contribution in [0, 0.1) is 20.8 Å². The molecule has 1 fully saturated rings. The molecule has 0 saturated carbocycles. The number of nitrogens with zero attached hydrogens (tertiary/aromatic N) is 1. The Morgan fingerprint density at radius 1 is 0.660 bits per heavy atom. The van der Waals surface area contributed by atoms with Gasteiger partial charge in [0.1, 0.15) is 17.9 Å². The lowest BCUT2D eigenvalue weighted by Gasteiger charge is -2.47. The molecule has 0 N–H and O–H groups in total. The summed E-state index contributed by atoms with van der Waals surface area (Å²) < 4.78 is 27.2. The molecule has 0 bridgehead atoms. The van der Waals surface area contributed by atoms with Crippen LogP contribution in [-0.4, -0.2) is 36.4 Å². The maximum absolute atomic E-state index is 7.21. The van der Waals surface area contributed by atoms with Crippen LogP contribution in [0.5, 0.6) is 0 Å². The Morgan fingerprint density at radius 3 is 1.76 bits per heavy atom. The normalized spacial score (nSPS) is 23.1. The summed E-state index contributed by atoms with van der Waals surface area (Å²) in [6.07, 6.45) is -0.936. The Hall–Kier alpha value is -4.59. The van der Waals surface area contributed by atoms with Gasteiger partial charge in [-0.1, -0.05) is 144 Å². The van der Waals surface area contributed by atoms with Crippen LogP contribution in [0.15, 0.2) is 139 Å². The average molecular weight is 668 g/mol. The molecule has 2 heterocycles. The van der Waals surface area contributed by atoms with Crippen LogP contribution in [0.1, 0.15) is 56.8 Å². The van der Waals surface area contributed by atoms with Gasteiger partial charge in [0.2, 0.25) is 0 Å². The first-order valence-electron chi connectivity index (χ1n) is 17.5. The highest BCUT2D eigenvalue weighted by atomic mass is 16.8. The molecule has 0 amide bonds. The van der Waals surface area contributed by atoms with Gasteiger partial charge in [-0.15, -0.1) is 0 Å². The van der Waals surface area contributed by atoms with E-state index in [1.807, 2.05) is 60.7 Å². The molecule has 5 aromatic carbocycles. The molecule has 5 atom stereocenters. The SMILES string of the molecule is Cc1cc(C)c(C2=NO[C@@]3(C[C@@H](OCc4ccccc4)[C@@H](OCc4ccccc4)[C@@H](COCc4ccccc4)O3)[C@H]2c2ccccc2)c(C)c1. The summed E-state index contributed by atoms with van der Waals surface area (Å²) in [6.45, 7) is 7.98. The van der Waals surface area contributed by atoms with Crippen molar-refractivity contribution in [3.63, 3.8) is 0 Å². The summed E-state index contributed by atoms with van der Waals surface area (Å²) in [4.78, 5) is 6.62. The van der Waals surface area contributed by atoms with E-state index in [1.54, 1.807) is 0 Å². The third-order valence-electron chi connectivity index (χ3n) is 9.63. The van der Waals surface area contributed by atoms with Gasteiger partial charge in [-0.3, -0.25) is 0 Å². The third kappa shape index (κ3) is 7.59. The number of ether oxygens (including phenoxy) is 4. The van der Waals surface area contributed by atoms with Crippen molar-refractivity contribution in [1.29, 1.82) is 0 Å². The molecule has 2 aliphatic rings. The van der Waals surface area contributed by atoms with Crippen LogP contribution in [0.25, 0.3) is 0 Å². The second kappa shape index (κ2) is 15.5. The van der Waals surface area contributed by atoms with Crippen molar-refractivity contribution in [1.82, 2.24) is 0 Å². The summed E-state index contributed by atoms with van der Waals surface area (Å²) in [5.41, 5.74) is 9.79. The standard InChI is InChI=1S/C44H45NO5/c1-31-24-32(2)40(33(3)25-31)42-41(37-22-14-7-15-23-37)44(50-45-42)26-38(47-28-35-18-10-5-11-19-35)43(48-29-36-20-12-6-13-21-36)39(49-44)30-46-27-34-16-8-4-9-17-34/h4-25,38-39,41,43H,26-30H2,1-3H3/t38-,39-,41+,43-,44+/m1/s1.